The van der Waals surface area contributed by atoms with Crippen LogP contribution in [-0.4, -0.2) is 0 Å². The van der Waals surface area contributed by atoms with Crippen molar-refractivity contribution in [3.8, 4) is 0 Å². The van der Waals surface area contributed by atoms with Gasteiger partial charge in [-0.25, -0.2) is 0 Å². The zero-order valence-corrected chi connectivity index (χ0v) is 16.1. The van der Waals surface area contributed by atoms with E-state index in [-0.39, 0.29) is 12.1 Å². The van der Waals surface area contributed by atoms with Gasteiger partial charge < -0.3 is 0 Å². The molecule has 2 atom stereocenters. The molecule has 0 bridgehead atoms. The molecule has 1 heterocycles. The molecule has 0 amide bonds. The summed E-state index contributed by atoms with van der Waals surface area (Å²) < 4.78 is 0. The molecule has 2 unspecified atom stereocenters. The van der Waals surface area contributed by atoms with Crippen molar-refractivity contribution >= 4 is 23.2 Å². The fraction of sp³-hybridized carbons (Fsp3) is 0.273. The Labute approximate surface area is 165 Å². The van der Waals surface area contributed by atoms with Crippen molar-refractivity contribution in [1.82, 2.24) is 0 Å². The Bertz CT molecular complexity index is 709. The quantitative estimate of drug-likeness (QED) is 0.469. The van der Waals surface area contributed by atoms with Crippen LogP contribution in [0.3, 0.4) is 0 Å². The van der Waals surface area contributed by atoms with Gasteiger partial charge in [-0.2, -0.15) is 10.2 Å². The van der Waals surface area contributed by atoms with Gasteiger partial charge in [0.1, 0.15) is 0 Å². The first-order valence-electron chi connectivity index (χ1n) is 8.93. The van der Waals surface area contributed by atoms with E-state index in [1.165, 1.54) is 0 Å². The Balaban J connectivity index is 1.89. The molecule has 1 aliphatic heterocycles. The van der Waals surface area contributed by atoms with Crippen LogP contribution < -0.4 is 0 Å². The van der Waals surface area contributed by atoms with Crippen molar-refractivity contribution in [2.24, 2.45) is 10.2 Å². The minimum Gasteiger partial charge on any atom is -0.185 e. The molecule has 0 spiro atoms. The predicted octanol–water partition coefficient (Wildman–Crippen LogP) is 7.91. The van der Waals surface area contributed by atoms with Gasteiger partial charge in [0.15, 0.2) is 0 Å². The molecule has 0 aromatic heterocycles. The summed E-state index contributed by atoms with van der Waals surface area (Å²) in [5, 5.41) is 10.9. The van der Waals surface area contributed by atoms with E-state index in [1.807, 2.05) is 48.5 Å². The topological polar surface area (TPSA) is 24.7 Å². The summed E-state index contributed by atoms with van der Waals surface area (Å²) in [7, 11) is 0. The van der Waals surface area contributed by atoms with Crippen LogP contribution in [0.2, 0.25) is 10.0 Å². The summed E-state index contributed by atoms with van der Waals surface area (Å²) in [6.45, 7) is 0. The number of allylic oxidation sites excluding steroid dienone is 2. The third kappa shape index (κ3) is 5.55. The highest BCUT2D eigenvalue weighted by Crippen LogP contribution is 2.29. The van der Waals surface area contributed by atoms with Gasteiger partial charge in [0.2, 0.25) is 0 Å². The fourth-order valence-corrected chi connectivity index (χ4v) is 3.16. The summed E-state index contributed by atoms with van der Waals surface area (Å²) in [6, 6.07) is 15.8. The molecular weight excluding hydrogens is 363 g/mol. The average Bonchev–Trinajstić information content (AvgIpc) is 2.64. The molecular formula is C22H22Cl2N2. The molecule has 1 aliphatic rings. The highest BCUT2D eigenvalue weighted by Gasteiger charge is 2.13. The first-order valence-corrected chi connectivity index (χ1v) is 9.69. The second kappa shape index (κ2) is 9.70. The molecule has 0 saturated heterocycles. The van der Waals surface area contributed by atoms with Crippen molar-refractivity contribution in [3.05, 3.63) is 94.0 Å². The van der Waals surface area contributed by atoms with Gasteiger partial charge >= 0.3 is 0 Å². The van der Waals surface area contributed by atoms with Crippen LogP contribution in [0.25, 0.3) is 0 Å². The van der Waals surface area contributed by atoms with Gasteiger partial charge in [-0.1, -0.05) is 71.8 Å². The maximum Gasteiger partial charge on any atom is 0.0992 e. The number of azo groups is 1. The second-order valence-corrected chi connectivity index (χ2v) is 7.23. The third-order valence-electron chi connectivity index (χ3n) is 4.41. The van der Waals surface area contributed by atoms with Crippen molar-refractivity contribution in [1.29, 1.82) is 0 Å². The van der Waals surface area contributed by atoms with Crippen LogP contribution in [0.1, 0.15) is 48.9 Å². The first-order chi connectivity index (χ1) is 12.7. The van der Waals surface area contributed by atoms with Crippen LogP contribution in [0.15, 0.2) is 83.1 Å². The van der Waals surface area contributed by atoms with Gasteiger partial charge in [0.25, 0.3) is 0 Å². The van der Waals surface area contributed by atoms with Crippen LogP contribution >= 0.6 is 23.2 Å². The van der Waals surface area contributed by atoms with Gasteiger partial charge in [0, 0.05) is 10.0 Å². The third-order valence-corrected chi connectivity index (χ3v) is 4.91. The summed E-state index contributed by atoms with van der Waals surface area (Å²) in [5.74, 6) is 0. The lowest BCUT2D eigenvalue weighted by Gasteiger charge is -2.14. The minimum absolute atomic E-state index is 0.00160. The number of benzene rings is 2. The molecule has 0 saturated carbocycles. The molecule has 3 rings (SSSR count). The summed E-state index contributed by atoms with van der Waals surface area (Å²) in [6.07, 6.45) is 12.6. The predicted molar refractivity (Wildman–Crippen MR) is 110 cm³/mol. The lowest BCUT2D eigenvalue weighted by molar-refractivity contribution is 0.605. The standard InChI is InChI=1S/C22H22Cl2N2/c23-19-13-9-17(10-14-19)21-7-5-3-1-2-4-6-8-22(26-25-21)18-11-15-20(24)16-12-18/h3-6,9-16,21-22H,1-2,7-8H2/b5-3+,6-4+,26-25?. The van der Waals surface area contributed by atoms with Crippen molar-refractivity contribution in [3.63, 3.8) is 0 Å². The van der Waals surface area contributed by atoms with Gasteiger partial charge in [0.05, 0.1) is 12.1 Å². The average molecular weight is 385 g/mol. The first kappa shape index (κ1) is 18.9. The SMILES string of the molecule is Clc1ccc(C2C/C=C/CC/C=C/CC(c3ccc(Cl)cc3)N=N2)cc1. The van der Waals surface area contributed by atoms with Crippen molar-refractivity contribution < 1.29 is 0 Å². The number of nitrogens with zero attached hydrogens (tertiary/aromatic N) is 2. The Kier molecular flexibility index (Phi) is 7.04. The monoisotopic (exact) mass is 384 g/mol. The molecule has 26 heavy (non-hydrogen) atoms. The van der Waals surface area contributed by atoms with Crippen LogP contribution in [0.4, 0.5) is 0 Å². The smallest absolute Gasteiger partial charge is 0.0992 e. The van der Waals surface area contributed by atoms with E-state index in [9.17, 15) is 0 Å². The summed E-state index contributed by atoms with van der Waals surface area (Å²) in [4.78, 5) is 0. The molecule has 0 fully saturated rings. The maximum atomic E-state index is 6.03. The zero-order chi connectivity index (χ0) is 18.2. The zero-order valence-electron chi connectivity index (χ0n) is 14.6. The maximum absolute atomic E-state index is 6.03. The summed E-state index contributed by atoms with van der Waals surface area (Å²) >= 11 is 12.1. The number of rotatable bonds is 2. The van der Waals surface area contributed by atoms with E-state index < -0.39 is 0 Å². The number of hydrogen-bond donors (Lipinski definition) is 0. The molecule has 2 nitrogen and oxygen atoms in total. The molecule has 2 aromatic carbocycles. The van der Waals surface area contributed by atoms with E-state index in [4.69, 9.17) is 33.4 Å². The lowest BCUT2D eigenvalue weighted by atomic mass is 10.0. The molecule has 0 radical (unpaired) electrons. The summed E-state index contributed by atoms with van der Waals surface area (Å²) in [5.41, 5.74) is 2.26. The normalized spacial score (nSPS) is 23.6. The van der Waals surface area contributed by atoms with Gasteiger partial charge in [-0.3, -0.25) is 0 Å². The molecule has 2 aromatic rings. The molecule has 0 aliphatic carbocycles. The van der Waals surface area contributed by atoms with E-state index in [0.29, 0.717) is 0 Å². The largest absolute Gasteiger partial charge is 0.185 e. The Morgan fingerprint density at radius 3 is 1.35 bits per heavy atom. The van der Waals surface area contributed by atoms with Crippen molar-refractivity contribution in [2.75, 3.05) is 0 Å². The minimum atomic E-state index is 0.00160. The molecule has 4 heteroatoms. The van der Waals surface area contributed by atoms with E-state index in [0.717, 1.165) is 46.9 Å². The van der Waals surface area contributed by atoms with Crippen LogP contribution in [0.5, 0.6) is 0 Å². The van der Waals surface area contributed by atoms with Crippen LogP contribution in [0, 0.1) is 0 Å². The molecule has 134 valence electrons. The highest BCUT2D eigenvalue weighted by molar-refractivity contribution is 6.30. The Morgan fingerprint density at radius 1 is 0.577 bits per heavy atom. The Morgan fingerprint density at radius 2 is 0.962 bits per heavy atom. The number of halogens is 2. The van der Waals surface area contributed by atoms with Gasteiger partial charge in [-0.15, -0.1) is 0 Å². The van der Waals surface area contributed by atoms with E-state index in [2.05, 4.69) is 24.3 Å². The van der Waals surface area contributed by atoms with Gasteiger partial charge in [-0.05, 0) is 61.1 Å². The van der Waals surface area contributed by atoms with E-state index >= 15 is 0 Å². The Hall–Kier alpha value is -1.90. The fourth-order valence-electron chi connectivity index (χ4n) is 2.91. The van der Waals surface area contributed by atoms with E-state index in [1.54, 1.807) is 0 Å². The highest BCUT2D eigenvalue weighted by atomic mass is 35.5. The molecule has 0 N–H and O–H groups in total. The number of hydrogen-bond acceptors (Lipinski definition) is 2. The van der Waals surface area contributed by atoms with Crippen molar-refractivity contribution in [2.45, 2.75) is 37.8 Å². The second-order valence-electron chi connectivity index (χ2n) is 6.36. The lowest BCUT2D eigenvalue weighted by Crippen LogP contribution is -1.98. The van der Waals surface area contributed by atoms with Crippen LogP contribution in [-0.2, 0) is 0 Å².